The van der Waals surface area contributed by atoms with Gasteiger partial charge in [-0.25, -0.2) is 0 Å². The van der Waals surface area contributed by atoms with E-state index in [1.54, 1.807) is 6.07 Å². The predicted octanol–water partition coefficient (Wildman–Crippen LogP) is 2.52. The molecule has 1 fully saturated rings. The molecule has 1 aliphatic carbocycles. The normalized spacial score (nSPS) is 22.4. The highest BCUT2D eigenvalue weighted by atomic mass is 16.5. The number of hydrogen-bond acceptors (Lipinski definition) is 4. The van der Waals surface area contributed by atoms with E-state index in [0.29, 0.717) is 23.7 Å². The minimum atomic E-state index is -0.0983. The van der Waals surface area contributed by atoms with Crippen LogP contribution in [0.2, 0.25) is 0 Å². The minimum absolute atomic E-state index is 0.0934. The lowest BCUT2D eigenvalue weighted by Crippen LogP contribution is -2.14. The maximum Gasteiger partial charge on any atom is 0.305 e. The third kappa shape index (κ3) is 3.88. The number of esters is 1. The lowest BCUT2D eigenvalue weighted by Gasteiger charge is -2.13. The maximum atomic E-state index is 11.3. The zero-order chi connectivity index (χ0) is 13.8. The monoisotopic (exact) mass is 262 g/mol. The van der Waals surface area contributed by atoms with Gasteiger partial charge in [-0.2, -0.15) is 0 Å². The van der Waals surface area contributed by atoms with Crippen molar-refractivity contribution in [3.8, 4) is 0 Å². The summed E-state index contributed by atoms with van der Waals surface area (Å²) in [5.41, 5.74) is 14.2. The summed E-state index contributed by atoms with van der Waals surface area (Å²) in [5, 5.41) is 0. The van der Waals surface area contributed by atoms with E-state index in [1.165, 1.54) is 5.56 Å². The molecule has 1 aromatic carbocycles. The van der Waals surface area contributed by atoms with Gasteiger partial charge < -0.3 is 16.2 Å². The molecule has 0 amide bonds. The van der Waals surface area contributed by atoms with E-state index in [1.807, 2.05) is 19.1 Å². The number of anilines is 2. The second kappa shape index (κ2) is 5.95. The first-order chi connectivity index (χ1) is 9.06. The summed E-state index contributed by atoms with van der Waals surface area (Å²) in [5.74, 6) is 0.453. The van der Waals surface area contributed by atoms with Crippen molar-refractivity contribution >= 4 is 17.3 Å². The fourth-order valence-corrected chi connectivity index (χ4v) is 2.79. The molecule has 2 rings (SSSR count). The van der Waals surface area contributed by atoms with Gasteiger partial charge in [-0.05, 0) is 55.4 Å². The molecule has 0 aromatic heterocycles. The molecule has 1 aliphatic rings. The Labute approximate surface area is 114 Å². The number of ether oxygens (including phenoxy) is 1. The van der Waals surface area contributed by atoms with Crippen molar-refractivity contribution in [1.82, 2.24) is 0 Å². The lowest BCUT2D eigenvalue weighted by molar-refractivity contribution is -0.148. The Morgan fingerprint density at radius 3 is 2.58 bits per heavy atom. The molecule has 0 aliphatic heterocycles. The molecule has 0 spiro atoms. The second-order valence-electron chi connectivity index (χ2n) is 5.36. The first kappa shape index (κ1) is 13.7. The number of nitrogen functional groups attached to an aromatic ring is 2. The highest BCUT2D eigenvalue weighted by Gasteiger charge is 2.27. The second-order valence-corrected chi connectivity index (χ2v) is 5.36. The molecule has 4 nitrogen and oxygen atoms in total. The molecule has 0 bridgehead atoms. The van der Waals surface area contributed by atoms with Gasteiger partial charge in [0.25, 0.3) is 0 Å². The number of carbonyl (C=O) groups is 1. The fraction of sp³-hybridized carbons (Fsp3) is 0.533. The van der Waals surface area contributed by atoms with E-state index in [2.05, 4.69) is 0 Å². The number of hydrogen-bond donors (Lipinski definition) is 2. The van der Waals surface area contributed by atoms with Gasteiger partial charge in [0.05, 0.1) is 0 Å². The van der Waals surface area contributed by atoms with Crippen LogP contribution in [0.25, 0.3) is 0 Å². The zero-order valence-corrected chi connectivity index (χ0v) is 11.4. The standard InChI is InChI=1S/C15H22N2O2/c1-2-15(18)19-14-4-3-10(8-14)5-11-6-12(16)9-13(17)7-11/h6-7,9-10,14H,2-5,8,16-17H2,1H3. The van der Waals surface area contributed by atoms with E-state index >= 15 is 0 Å². The van der Waals surface area contributed by atoms with Gasteiger partial charge >= 0.3 is 5.97 Å². The van der Waals surface area contributed by atoms with Gasteiger partial charge in [-0.15, -0.1) is 0 Å². The van der Waals surface area contributed by atoms with Crippen molar-refractivity contribution in [2.75, 3.05) is 11.5 Å². The Morgan fingerprint density at radius 2 is 1.95 bits per heavy atom. The van der Waals surface area contributed by atoms with Crippen LogP contribution in [0.15, 0.2) is 18.2 Å². The Balaban J connectivity index is 1.89. The van der Waals surface area contributed by atoms with Crippen LogP contribution in [0.1, 0.15) is 38.2 Å². The number of rotatable bonds is 4. The van der Waals surface area contributed by atoms with Crippen molar-refractivity contribution < 1.29 is 9.53 Å². The molecule has 0 radical (unpaired) electrons. The number of benzene rings is 1. The Bertz CT molecular complexity index is 439. The third-order valence-electron chi connectivity index (χ3n) is 3.64. The average molecular weight is 262 g/mol. The molecule has 2 unspecified atom stereocenters. The summed E-state index contributed by atoms with van der Waals surface area (Å²) in [6.45, 7) is 1.82. The van der Waals surface area contributed by atoms with Crippen LogP contribution in [0.3, 0.4) is 0 Å². The maximum absolute atomic E-state index is 11.3. The molecule has 19 heavy (non-hydrogen) atoms. The SMILES string of the molecule is CCC(=O)OC1CCC(Cc2cc(N)cc(N)c2)C1. The molecule has 1 aromatic rings. The van der Waals surface area contributed by atoms with Crippen molar-refractivity contribution in [3.63, 3.8) is 0 Å². The van der Waals surface area contributed by atoms with Gasteiger partial charge in [-0.3, -0.25) is 4.79 Å². The topological polar surface area (TPSA) is 78.3 Å². The van der Waals surface area contributed by atoms with Gasteiger partial charge in [0.1, 0.15) is 6.10 Å². The number of carbonyl (C=O) groups excluding carboxylic acids is 1. The summed E-state index contributed by atoms with van der Waals surface area (Å²) in [6.07, 6.45) is 4.50. The molecule has 104 valence electrons. The molecule has 1 saturated carbocycles. The van der Waals surface area contributed by atoms with Crippen LogP contribution < -0.4 is 11.5 Å². The van der Waals surface area contributed by atoms with Gasteiger partial charge in [0, 0.05) is 17.8 Å². The summed E-state index contributed by atoms with van der Waals surface area (Å²) in [7, 11) is 0. The molecule has 4 N–H and O–H groups in total. The van der Waals surface area contributed by atoms with E-state index in [4.69, 9.17) is 16.2 Å². The first-order valence-electron chi connectivity index (χ1n) is 6.91. The molecule has 0 heterocycles. The quantitative estimate of drug-likeness (QED) is 0.645. The van der Waals surface area contributed by atoms with Crippen LogP contribution in [0.5, 0.6) is 0 Å². The summed E-state index contributed by atoms with van der Waals surface area (Å²) >= 11 is 0. The van der Waals surface area contributed by atoms with Crippen molar-refractivity contribution in [2.45, 2.75) is 45.1 Å². The molecule has 2 atom stereocenters. The smallest absolute Gasteiger partial charge is 0.305 e. The van der Waals surface area contributed by atoms with Crippen LogP contribution >= 0.6 is 0 Å². The molecule has 4 heteroatoms. The van der Waals surface area contributed by atoms with E-state index < -0.39 is 0 Å². The third-order valence-corrected chi connectivity index (χ3v) is 3.64. The molecule has 0 saturated heterocycles. The van der Waals surface area contributed by atoms with E-state index in [-0.39, 0.29) is 12.1 Å². The van der Waals surface area contributed by atoms with Crippen molar-refractivity contribution in [3.05, 3.63) is 23.8 Å². The molecular weight excluding hydrogens is 240 g/mol. The Kier molecular flexibility index (Phi) is 4.30. The summed E-state index contributed by atoms with van der Waals surface area (Å²) < 4.78 is 5.39. The molecular formula is C15H22N2O2. The summed E-state index contributed by atoms with van der Waals surface area (Å²) in [6, 6.07) is 5.72. The van der Waals surface area contributed by atoms with Crippen LogP contribution in [0, 0.1) is 5.92 Å². The first-order valence-corrected chi connectivity index (χ1v) is 6.91. The largest absolute Gasteiger partial charge is 0.462 e. The number of nitrogens with two attached hydrogens (primary N) is 2. The summed E-state index contributed by atoms with van der Waals surface area (Å²) in [4.78, 5) is 11.3. The average Bonchev–Trinajstić information content (AvgIpc) is 2.74. The predicted molar refractivity (Wildman–Crippen MR) is 76.5 cm³/mol. The highest BCUT2D eigenvalue weighted by Crippen LogP contribution is 2.31. The van der Waals surface area contributed by atoms with Crippen LogP contribution in [-0.2, 0) is 16.0 Å². The minimum Gasteiger partial charge on any atom is -0.462 e. The van der Waals surface area contributed by atoms with E-state index in [0.717, 1.165) is 25.7 Å². The highest BCUT2D eigenvalue weighted by molar-refractivity contribution is 5.69. The van der Waals surface area contributed by atoms with E-state index in [9.17, 15) is 4.79 Å². The zero-order valence-electron chi connectivity index (χ0n) is 11.4. The van der Waals surface area contributed by atoms with Crippen LogP contribution in [-0.4, -0.2) is 12.1 Å². The lowest BCUT2D eigenvalue weighted by atomic mass is 9.97. The van der Waals surface area contributed by atoms with Crippen molar-refractivity contribution in [1.29, 1.82) is 0 Å². The van der Waals surface area contributed by atoms with Gasteiger partial charge in [0.2, 0.25) is 0 Å². The van der Waals surface area contributed by atoms with Gasteiger partial charge in [0.15, 0.2) is 0 Å². The Morgan fingerprint density at radius 1 is 1.26 bits per heavy atom. The van der Waals surface area contributed by atoms with Gasteiger partial charge in [-0.1, -0.05) is 6.92 Å². The Hall–Kier alpha value is -1.71. The van der Waals surface area contributed by atoms with Crippen LogP contribution in [0.4, 0.5) is 11.4 Å². The van der Waals surface area contributed by atoms with Crippen molar-refractivity contribution in [2.24, 2.45) is 5.92 Å². The fourth-order valence-electron chi connectivity index (χ4n) is 2.79.